The number of ether oxygens (including phenoxy) is 4. The number of esters is 1. The van der Waals surface area contributed by atoms with Crippen molar-refractivity contribution in [1.82, 2.24) is 4.57 Å². The van der Waals surface area contributed by atoms with Crippen LogP contribution in [0.25, 0.3) is 6.08 Å². The summed E-state index contributed by atoms with van der Waals surface area (Å²) in [6, 6.07) is 20.3. The zero-order valence-corrected chi connectivity index (χ0v) is 28.1. The molecule has 0 aliphatic carbocycles. The second kappa shape index (κ2) is 13.8. The molecule has 0 N–H and O–H groups in total. The molecular formula is C34H33IN2O6S. The molecule has 0 bridgehead atoms. The van der Waals surface area contributed by atoms with Crippen LogP contribution in [0.4, 0.5) is 0 Å². The third-order valence-electron chi connectivity index (χ3n) is 6.87. The molecule has 0 spiro atoms. The molecule has 0 saturated carbocycles. The number of benzene rings is 3. The van der Waals surface area contributed by atoms with Gasteiger partial charge in [-0.25, -0.2) is 9.79 Å². The molecule has 1 aromatic heterocycles. The van der Waals surface area contributed by atoms with Gasteiger partial charge in [-0.05, 0) is 80.1 Å². The summed E-state index contributed by atoms with van der Waals surface area (Å²) in [4.78, 5) is 32.8. The van der Waals surface area contributed by atoms with Crippen LogP contribution in [0.2, 0.25) is 0 Å². The molecule has 44 heavy (non-hydrogen) atoms. The molecule has 4 aromatic rings. The van der Waals surface area contributed by atoms with Crippen LogP contribution in [0, 0.1) is 3.57 Å². The van der Waals surface area contributed by atoms with Crippen LogP contribution in [-0.4, -0.2) is 30.4 Å². The third kappa shape index (κ3) is 6.61. The Morgan fingerprint density at radius 1 is 1.09 bits per heavy atom. The molecule has 228 valence electrons. The van der Waals surface area contributed by atoms with Gasteiger partial charge in [0.1, 0.15) is 18.4 Å². The van der Waals surface area contributed by atoms with E-state index in [0.717, 1.165) is 9.13 Å². The summed E-state index contributed by atoms with van der Waals surface area (Å²) in [6.07, 6.45) is 1.68. The summed E-state index contributed by atoms with van der Waals surface area (Å²) in [5, 5.41) is 0. The molecule has 0 unspecified atom stereocenters. The van der Waals surface area contributed by atoms with Gasteiger partial charge in [0.2, 0.25) is 0 Å². The fourth-order valence-electron chi connectivity index (χ4n) is 5.03. The van der Waals surface area contributed by atoms with Crippen molar-refractivity contribution < 1.29 is 23.7 Å². The fourth-order valence-corrected chi connectivity index (χ4v) is 6.68. The minimum Gasteiger partial charge on any atom is -0.493 e. The summed E-state index contributed by atoms with van der Waals surface area (Å²) in [5.41, 5.74) is 2.86. The quantitative estimate of drug-likeness (QED) is 0.152. The highest BCUT2D eigenvalue weighted by Gasteiger charge is 2.35. The van der Waals surface area contributed by atoms with E-state index in [1.807, 2.05) is 80.6 Å². The van der Waals surface area contributed by atoms with Crippen LogP contribution >= 0.6 is 33.9 Å². The molecule has 1 aliphatic rings. The van der Waals surface area contributed by atoms with E-state index in [2.05, 4.69) is 22.6 Å². The van der Waals surface area contributed by atoms with Crippen LogP contribution in [0.5, 0.6) is 17.2 Å². The van der Waals surface area contributed by atoms with Gasteiger partial charge in [-0.15, -0.1) is 0 Å². The second-order valence-electron chi connectivity index (χ2n) is 10.3. The van der Waals surface area contributed by atoms with Gasteiger partial charge in [0.15, 0.2) is 16.3 Å². The molecule has 5 rings (SSSR count). The lowest BCUT2D eigenvalue weighted by molar-refractivity contribution is -0.139. The van der Waals surface area contributed by atoms with Gasteiger partial charge in [-0.1, -0.05) is 59.9 Å². The minimum absolute atomic E-state index is 0.118. The van der Waals surface area contributed by atoms with Crippen molar-refractivity contribution in [2.24, 2.45) is 4.99 Å². The molecule has 1 aliphatic heterocycles. The smallest absolute Gasteiger partial charge is 0.338 e. The molecule has 0 amide bonds. The molecule has 0 saturated heterocycles. The van der Waals surface area contributed by atoms with E-state index in [-0.39, 0.29) is 18.3 Å². The first-order valence-electron chi connectivity index (χ1n) is 14.2. The van der Waals surface area contributed by atoms with Gasteiger partial charge >= 0.3 is 5.97 Å². The Morgan fingerprint density at radius 2 is 1.82 bits per heavy atom. The number of carbonyl (C=O) groups excluding carboxylic acids is 1. The number of para-hydroxylation sites is 1. The number of fused-ring (bicyclic) bond motifs is 1. The first kappa shape index (κ1) is 31.5. The Bertz CT molecular complexity index is 1890. The van der Waals surface area contributed by atoms with Gasteiger partial charge < -0.3 is 18.9 Å². The number of hydrogen-bond donors (Lipinski definition) is 0. The second-order valence-corrected chi connectivity index (χ2v) is 12.6. The highest BCUT2D eigenvalue weighted by atomic mass is 127. The Balaban J connectivity index is 1.70. The number of thiazole rings is 1. The van der Waals surface area contributed by atoms with Crippen LogP contribution in [0.1, 0.15) is 50.4 Å². The van der Waals surface area contributed by atoms with Gasteiger partial charge in [0.25, 0.3) is 5.56 Å². The van der Waals surface area contributed by atoms with Crippen LogP contribution in [-0.2, 0) is 16.1 Å². The standard InChI is InChI=1S/C34H33IN2O6S/c1-6-41-33(39)29-21(4)36-34-37(30(29)25-14-10-11-15-26(25)43-20(2)3)32(38)28(44-34)17-23-16-24(35)18-27(40-5)31(23)42-19-22-12-8-7-9-13-22/h7-18,20,30H,6,19H2,1-5H3/b28-17-/t30-/m0/s1. The molecular weight excluding hydrogens is 691 g/mol. The number of allylic oxidation sites excluding steroid dienone is 1. The summed E-state index contributed by atoms with van der Waals surface area (Å²) in [6.45, 7) is 7.90. The van der Waals surface area contributed by atoms with Gasteiger partial charge in [0.05, 0.1) is 35.6 Å². The monoisotopic (exact) mass is 724 g/mol. The minimum atomic E-state index is -0.790. The Morgan fingerprint density at radius 3 is 2.52 bits per heavy atom. The lowest BCUT2D eigenvalue weighted by atomic mass is 9.95. The summed E-state index contributed by atoms with van der Waals surface area (Å²) >= 11 is 3.47. The van der Waals surface area contributed by atoms with Crippen molar-refractivity contribution in [3.05, 3.63) is 118 Å². The average Bonchev–Trinajstić information content (AvgIpc) is 3.30. The first-order chi connectivity index (χ1) is 21.2. The molecule has 2 heterocycles. The van der Waals surface area contributed by atoms with E-state index in [0.29, 0.717) is 55.6 Å². The first-order valence-corrected chi connectivity index (χ1v) is 16.1. The van der Waals surface area contributed by atoms with Gasteiger partial charge in [-0.3, -0.25) is 9.36 Å². The Kier molecular flexibility index (Phi) is 9.90. The van der Waals surface area contributed by atoms with Crippen molar-refractivity contribution >= 4 is 46.0 Å². The van der Waals surface area contributed by atoms with Crippen molar-refractivity contribution in [3.63, 3.8) is 0 Å². The van der Waals surface area contributed by atoms with Crippen molar-refractivity contribution in [1.29, 1.82) is 0 Å². The van der Waals surface area contributed by atoms with E-state index in [9.17, 15) is 9.59 Å². The van der Waals surface area contributed by atoms with Gasteiger partial charge in [-0.2, -0.15) is 0 Å². The van der Waals surface area contributed by atoms with E-state index < -0.39 is 12.0 Å². The Hall–Kier alpha value is -3.90. The number of rotatable bonds is 10. The lowest BCUT2D eigenvalue weighted by Crippen LogP contribution is -2.40. The topological polar surface area (TPSA) is 88.4 Å². The molecule has 8 nitrogen and oxygen atoms in total. The van der Waals surface area contributed by atoms with E-state index in [4.69, 9.17) is 23.9 Å². The predicted octanol–water partition coefficient (Wildman–Crippen LogP) is 5.78. The van der Waals surface area contributed by atoms with Crippen molar-refractivity contribution in [2.45, 2.75) is 46.4 Å². The number of nitrogens with zero attached hydrogens (tertiary/aromatic N) is 2. The Labute approximate surface area is 273 Å². The average molecular weight is 725 g/mol. The molecule has 0 fully saturated rings. The van der Waals surface area contributed by atoms with Crippen molar-refractivity contribution in [2.75, 3.05) is 13.7 Å². The van der Waals surface area contributed by atoms with E-state index >= 15 is 0 Å². The van der Waals surface area contributed by atoms with Crippen LogP contribution in [0.15, 0.2) is 87.8 Å². The summed E-state index contributed by atoms with van der Waals surface area (Å²) in [7, 11) is 1.59. The highest BCUT2D eigenvalue weighted by molar-refractivity contribution is 14.1. The largest absolute Gasteiger partial charge is 0.493 e. The number of carbonyl (C=O) groups is 1. The number of aromatic nitrogens is 1. The highest BCUT2D eigenvalue weighted by Crippen LogP contribution is 2.37. The fraction of sp³-hybridized carbons (Fsp3) is 0.265. The maximum atomic E-state index is 14.3. The van der Waals surface area contributed by atoms with Crippen LogP contribution < -0.4 is 29.1 Å². The number of halogens is 1. The van der Waals surface area contributed by atoms with Gasteiger partial charge in [0, 0.05) is 14.7 Å². The normalized spacial score (nSPS) is 14.7. The molecule has 10 heteroatoms. The summed E-state index contributed by atoms with van der Waals surface area (Å²) < 4.78 is 26.5. The van der Waals surface area contributed by atoms with Crippen molar-refractivity contribution in [3.8, 4) is 17.2 Å². The van der Waals surface area contributed by atoms with Crippen LogP contribution in [0.3, 0.4) is 0 Å². The third-order valence-corrected chi connectivity index (χ3v) is 8.48. The maximum absolute atomic E-state index is 14.3. The lowest BCUT2D eigenvalue weighted by Gasteiger charge is -2.26. The summed E-state index contributed by atoms with van der Waals surface area (Å²) in [5.74, 6) is 1.15. The van der Waals surface area contributed by atoms with E-state index in [1.54, 1.807) is 31.6 Å². The molecule has 3 aromatic carbocycles. The maximum Gasteiger partial charge on any atom is 0.338 e. The molecule has 1 atom stereocenters. The zero-order valence-electron chi connectivity index (χ0n) is 25.1. The zero-order chi connectivity index (χ0) is 31.4. The number of methoxy groups -OCH3 is 1. The SMILES string of the molecule is CCOC(=O)C1=C(C)N=c2s/c(=C\c3cc(I)cc(OC)c3OCc3ccccc3)c(=O)n2[C@H]1c1ccccc1OC(C)C. The number of hydrogen-bond acceptors (Lipinski definition) is 8. The van der Waals surface area contributed by atoms with E-state index in [1.165, 1.54) is 11.3 Å². The molecule has 0 radical (unpaired) electrons. The predicted molar refractivity (Wildman–Crippen MR) is 179 cm³/mol.